The number of nitriles is 1. The number of alkyl halides is 3. The Hall–Kier alpha value is -5.21. The number of rotatable bonds is 7. The van der Waals surface area contributed by atoms with Gasteiger partial charge in [-0.1, -0.05) is 12.1 Å². The van der Waals surface area contributed by atoms with Crippen molar-refractivity contribution in [3.05, 3.63) is 102 Å². The second kappa shape index (κ2) is 11.0. The van der Waals surface area contributed by atoms with E-state index in [1.54, 1.807) is 37.5 Å². The summed E-state index contributed by atoms with van der Waals surface area (Å²) in [7, 11) is 5.35. The van der Waals surface area contributed by atoms with E-state index in [0.29, 0.717) is 23.1 Å². The molecule has 1 amide bonds. The number of imidazole rings is 1. The first-order valence-electron chi connectivity index (χ1n) is 12.8. The number of halogens is 3. The van der Waals surface area contributed by atoms with Gasteiger partial charge in [-0.15, -0.1) is 0 Å². The summed E-state index contributed by atoms with van der Waals surface area (Å²) in [5.74, 6) is -0.858. The van der Waals surface area contributed by atoms with Crippen molar-refractivity contribution in [3.63, 3.8) is 0 Å². The monoisotopic (exact) mass is 570 g/mol. The van der Waals surface area contributed by atoms with E-state index in [4.69, 9.17) is 0 Å². The number of ketones is 1. The lowest BCUT2D eigenvalue weighted by Gasteiger charge is -2.15. The number of benzene rings is 2. The number of aromatic nitrogens is 3. The fraction of sp³-hybridized carbons (Fsp3) is 0.161. The summed E-state index contributed by atoms with van der Waals surface area (Å²) in [5.41, 5.74) is 1.31. The maximum Gasteiger partial charge on any atom is 0.417 e. The van der Waals surface area contributed by atoms with Gasteiger partial charge in [0.05, 0.1) is 45.4 Å². The van der Waals surface area contributed by atoms with E-state index in [1.807, 2.05) is 25.1 Å². The highest BCUT2D eigenvalue weighted by Gasteiger charge is 2.35. The molecule has 0 aliphatic rings. The summed E-state index contributed by atoms with van der Waals surface area (Å²) in [5, 5.41) is 12.3. The smallest absolute Gasteiger partial charge is 0.334 e. The molecule has 212 valence electrons. The molecular formula is C31H25F3N6O2. The molecule has 2 aromatic carbocycles. The maximum absolute atomic E-state index is 14.2. The van der Waals surface area contributed by atoms with E-state index in [1.165, 1.54) is 51.7 Å². The van der Waals surface area contributed by atoms with Gasteiger partial charge in [0.15, 0.2) is 0 Å². The number of likely N-dealkylation sites (N-methyl/N-ethyl adjacent to an activating group) is 1. The lowest BCUT2D eigenvalue weighted by Crippen LogP contribution is -2.13. The molecule has 0 aliphatic carbocycles. The van der Waals surface area contributed by atoms with Crippen LogP contribution < -0.4 is 5.32 Å². The molecule has 0 atom stereocenters. The van der Waals surface area contributed by atoms with Gasteiger partial charge in [0.1, 0.15) is 6.07 Å². The van der Waals surface area contributed by atoms with Crippen molar-refractivity contribution < 1.29 is 22.8 Å². The van der Waals surface area contributed by atoms with E-state index < -0.39 is 23.4 Å². The van der Waals surface area contributed by atoms with Crippen LogP contribution in [0.1, 0.15) is 27.2 Å². The third-order valence-electron chi connectivity index (χ3n) is 6.78. The van der Waals surface area contributed by atoms with E-state index in [2.05, 4.69) is 10.3 Å². The fourth-order valence-corrected chi connectivity index (χ4v) is 4.76. The van der Waals surface area contributed by atoms with Crippen molar-refractivity contribution in [2.24, 2.45) is 7.05 Å². The Morgan fingerprint density at radius 2 is 1.86 bits per heavy atom. The van der Waals surface area contributed by atoms with Gasteiger partial charge >= 0.3 is 6.18 Å². The van der Waals surface area contributed by atoms with Crippen LogP contribution in [0.5, 0.6) is 0 Å². The number of hydrogen-bond donors (Lipinski definition) is 1. The molecule has 0 unspecified atom stereocenters. The molecule has 0 saturated heterocycles. The Kier molecular flexibility index (Phi) is 7.41. The van der Waals surface area contributed by atoms with Gasteiger partial charge in [0, 0.05) is 37.0 Å². The molecule has 0 radical (unpaired) electrons. The molecule has 3 heterocycles. The quantitative estimate of drug-likeness (QED) is 0.201. The molecular weight excluding hydrogens is 545 g/mol. The van der Waals surface area contributed by atoms with E-state index >= 15 is 0 Å². The third-order valence-corrected chi connectivity index (χ3v) is 6.78. The zero-order valence-electron chi connectivity index (χ0n) is 22.9. The molecule has 1 N–H and O–H groups in total. The van der Waals surface area contributed by atoms with E-state index in [0.717, 1.165) is 6.07 Å². The van der Waals surface area contributed by atoms with Gasteiger partial charge in [-0.3, -0.25) is 9.59 Å². The topological polar surface area (TPSA) is 95.4 Å². The highest BCUT2D eigenvalue weighted by atomic mass is 19.4. The van der Waals surface area contributed by atoms with Gasteiger partial charge in [-0.25, -0.2) is 4.98 Å². The highest BCUT2D eigenvalue weighted by Crippen LogP contribution is 2.41. The Morgan fingerprint density at radius 1 is 1.07 bits per heavy atom. The van der Waals surface area contributed by atoms with Crippen LogP contribution in [-0.4, -0.2) is 51.2 Å². The number of nitrogens with one attached hydrogen (secondary N) is 1. The van der Waals surface area contributed by atoms with Crippen LogP contribution in [0.3, 0.4) is 0 Å². The van der Waals surface area contributed by atoms with Crippen LogP contribution in [0.2, 0.25) is 0 Å². The number of amides is 1. The third kappa shape index (κ3) is 5.40. The molecule has 0 aliphatic heterocycles. The summed E-state index contributed by atoms with van der Waals surface area (Å²) < 4.78 is 45.6. The van der Waals surface area contributed by atoms with Crippen LogP contribution in [0.15, 0.2) is 79.3 Å². The molecule has 0 bridgehead atoms. The van der Waals surface area contributed by atoms with Crippen molar-refractivity contribution in [3.8, 4) is 17.2 Å². The summed E-state index contributed by atoms with van der Waals surface area (Å²) in [4.78, 5) is 31.9. The summed E-state index contributed by atoms with van der Waals surface area (Å²) >= 11 is 0. The van der Waals surface area contributed by atoms with Crippen LogP contribution in [0, 0.1) is 11.3 Å². The molecule has 8 nitrogen and oxygen atoms in total. The SMILES string of the molecule is CN(C)C/C=C/C(=O)Nc1ccc(C(=O)c2ccc3c(-c4cc5ncn(C)c5cc4C(F)(F)F)cccn23)cc1C#N. The predicted molar refractivity (Wildman–Crippen MR) is 153 cm³/mol. The average Bonchev–Trinajstić information content (AvgIpc) is 3.54. The second-order valence-corrected chi connectivity index (χ2v) is 9.99. The Labute approximate surface area is 238 Å². The van der Waals surface area contributed by atoms with Crippen LogP contribution >= 0.6 is 0 Å². The molecule has 5 aromatic rings. The summed E-state index contributed by atoms with van der Waals surface area (Å²) in [6.45, 7) is 0.564. The van der Waals surface area contributed by atoms with Crippen molar-refractivity contribution in [2.75, 3.05) is 26.0 Å². The van der Waals surface area contributed by atoms with Crippen LogP contribution in [0.4, 0.5) is 18.9 Å². The van der Waals surface area contributed by atoms with Crippen molar-refractivity contribution in [1.29, 1.82) is 5.26 Å². The standard InChI is InChI=1S/C31H25F3N6O2/c1-38(2)12-5-7-29(41)37-24-9-8-19(14-20(24)17-35)30(42)27-11-10-26-21(6-4-13-40(26)27)22-15-25-28(39(3)18-36-25)16-23(22)31(32,33)34/h4-11,13-16,18H,12H2,1-3H3,(H,37,41)/b7-5+. The first-order valence-corrected chi connectivity index (χ1v) is 12.8. The lowest BCUT2D eigenvalue weighted by atomic mass is 9.98. The number of nitrogens with zero attached hydrogens (tertiary/aromatic N) is 5. The maximum atomic E-state index is 14.2. The largest absolute Gasteiger partial charge is 0.417 e. The fourth-order valence-electron chi connectivity index (χ4n) is 4.76. The highest BCUT2D eigenvalue weighted by molar-refractivity contribution is 6.10. The molecule has 5 rings (SSSR count). The molecule has 42 heavy (non-hydrogen) atoms. The number of hydrogen-bond acceptors (Lipinski definition) is 5. The van der Waals surface area contributed by atoms with Gasteiger partial charge in [0.25, 0.3) is 0 Å². The van der Waals surface area contributed by atoms with Gasteiger partial charge in [0.2, 0.25) is 11.7 Å². The minimum atomic E-state index is -4.63. The van der Waals surface area contributed by atoms with Crippen molar-refractivity contribution >= 4 is 33.9 Å². The van der Waals surface area contributed by atoms with Crippen molar-refractivity contribution in [2.45, 2.75) is 6.18 Å². The van der Waals surface area contributed by atoms with Crippen LogP contribution in [0.25, 0.3) is 27.7 Å². The average molecular weight is 571 g/mol. The van der Waals surface area contributed by atoms with Crippen LogP contribution in [-0.2, 0) is 18.0 Å². The number of pyridine rings is 1. The summed E-state index contributed by atoms with van der Waals surface area (Å²) in [6.07, 6.45) is 1.46. The first kappa shape index (κ1) is 28.3. The number of carbonyl (C=O) groups is 2. The van der Waals surface area contributed by atoms with Gasteiger partial charge in [-0.2, -0.15) is 18.4 Å². The number of fused-ring (bicyclic) bond motifs is 2. The molecule has 3 aromatic heterocycles. The Balaban J connectivity index is 1.52. The Bertz CT molecular complexity index is 1930. The lowest BCUT2D eigenvalue weighted by molar-refractivity contribution is -0.137. The molecule has 0 saturated carbocycles. The van der Waals surface area contributed by atoms with E-state index in [-0.39, 0.29) is 33.6 Å². The molecule has 0 fully saturated rings. The second-order valence-electron chi connectivity index (χ2n) is 9.99. The van der Waals surface area contributed by atoms with Crippen molar-refractivity contribution in [1.82, 2.24) is 18.9 Å². The van der Waals surface area contributed by atoms with E-state index in [9.17, 15) is 28.0 Å². The minimum Gasteiger partial charge on any atom is -0.334 e. The molecule has 0 spiro atoms. The zero-order chi connectivity index (χ0) is 30.2. The first-order chi connectivity index (χ1) is 20.0. The zero-order valence-corrected chi connectivity index (χ0v) is 22.9. The minimum absolute atomic E-state index is 0.0529. The van der Waals surface area contributed by atoms with Gasteiger partial charge in [-0.05, 0) is 68.2 Å². The molecule has 11 heteroatoms. The number of carbonyl (C=O) groups excluding carboxylic acids is 2. The number of aryl methyl sites for hydroxylation is 1. The predicted octanol–water partition coefficient (Wildman–Crippen LogP) is 5.67. The van der Waals surface area contributed by atoms with Gasteiger partial charge < -0.3 is 19.2 Å². The summed E-state index contributed by atoms with van der Waals surface area (Å²) in [6, 6.07) is 15.1. The number of anilines is 1. The normalized spacial score (nSPS) is 12.0. The Morgan fingerprint density at radius 3 is 2.57 bits per heavy atom.